The van der Waals surface area contributed by atoms with Crippen molar-refractivity contribution >= 4 is 23.4 Å². The van der Waals surface area contributed by atoms with Gasteiger partial charge in [0.1, 0.15) is 13.2 Å². The Kier molecular flexibility index (Phi) is 4.48. The average Bonchev–Trinajstić information content (AvgIpc) is 2.54. The van der Waals surface area contributed by atoms with Crippen LogP contribution in [0.4, 0.5) is 5.69 Å². The van der Waals surface area contributed by atoms with Crippen LogP contribution in [0.1, 0.15) is 5.56 Å². The van der Waals surface area contributed by atoms with Crippen LogP contribution < -0.4 is 14.8 Å². The van der Waals surface area contributed by atoms with E-state index in [0.717, 1.165) is 10.6 Å². The van der Waals surface area contributed by atoms with E-state index in [4.69, 9.17) is 9.47 Å². The zero-order chi connectivity index (χ0) is 15.4. The van der Waals surface area contributed by atoms with Crippen LogP contribution in [0.15, 0.2) is 41.6 Å². The van der Waals surface area contributed by atoms with E-state index >= 15 is 0 Å². The van der Waals surface area contributed by atoms with Gasteiger partial charge in [-0.3, -0.25) is 4.79 Å². The van der Waals surface area contributed by atoms with Gasteiger partial charge in [-0.2, -0.15) is 0 Å². The minimum absolute atomic E-state index is 0.0796. The minimum Gasteiger partial charge on any atom is -0.486 e. The number of anilines is 1. The van der Waals surface area contributed by atoms with Crippen LogP contribution >= 0.6 is 11.8 Å². The van der Waals surface area contributed by atoms with Crippen LogP contribution in [0.25, 0.3) is 0 Å². The summed E-state index contributed by atoms with van der Waals surface area (Å²) in [5, 5.41) is 3.69. The van der Waals surface area contributed by atoms with Crippen LogP contribution in [0.2, 0.25) is 0 Å². The molecule has 0 aliphatic carbocycles. The van der Waals surface area contributed by atoms with Crippen molar-refractivity contribution in [1.29, 1.82) is 0 Å². The summed E-state index contributed by atoms with van der Waals surface area (Å²) < 4.78 is 10.9. The van der Waals surface area contributed by atoms with Gasteiger partial charge in [-0.15, -0.1) is 0 Å². The summed E-state index contributed by atoms with van der Waals surface area (Å²) >= 11 is 1.41. The fourth-order valence-corrected chi connectivity index (χ4v) is 2.64. The molecule has 0 atom stereocenters. The highest BCUT2D eigenvalue weighted by molar-refractivity contribution is 7.99. The van der Waals surface area contributed by atoms with Crippen molar-refractivity contribution in [2.75, 3.05) is 24.3 Å². The van der Waals surface area contributed by atoms with Crippen LogP contribution in [0.5, 0.6) is 11.5 Å². The van der Waals surface area contributed by atoms with Crippen LogP contribution in [0, 0.1) is 6.92 Å². The second kappa shape index (κ2) is 6.70. The smallest absolute Gasteiger partial charge is 0.234 e. The van der Waals surface area contributed by atoms with E-state index < -0.39 is 0 Å². The number of hydrogen-bond donors (Lipinski definition) is 1. The lowest BCUT2D eigenvalue weighted by molar-refractivity contribution is -0.113. The molecule has 1 amide bonds. The van der Waals surface area contributed by atoms with Gasteiger partial charge in [0.15, 0.2) is 11.5 Å². The molecule has 1 aromatic carbocycles. The monoisotopic (exact) mass is 316 g/mol. The number of carbonyl (C=O) groups is 1. The first-order valence-corrected chi connectivity index (χ1v) is 7.94. The third-order valence-electron chi connectivity index (χ3n) is 3.06. The maximum absolute atomic E-state index is 12.0. The molecule has 0 fully saturated rings. The summed E-state index contributed by atoms with van der Waals surface area (Å²) in [4.78, 5) is 16.3. The number of aromatic nitrogens is 1. The molecule has 3 rings (SSSR count). The van der Waals surface area contributed by atoms with Gasteiger partial charge in [0, 0.05) is 18.0 Å². The Hall–Kier alpha value is -2.21. The fraction of sp³-hybridized carbons (Fsp3) is 0.250. The normalized spacial score (nSPS) is 12.8. The van der Waals surface area contributed by atoms with Gasteiger partial charge in [0.05, 0.1) is 10.8 Å². The third kappa shape index (κ3) is 3.71. The van der Waals surface area contributed by atoms with E-state index in [1.807, 2.05) is 19.1 Å². The van der Waals surface area contributed by atoms with Gasteiger partial charge < -0.3 is 14.8 Å². The number of carbonyl (C=O) groups excluding carboxylic acids is 1. The number of aryl methyl sites for hydroxylation is 1. The standard InChI is InChI=1S/C16H16N2O3S/c1-11-2-5-16(17-9-11)22-10-15(19)18-12-3-4-13-14(8-12)21-7-6-20-13/h2-5,8-9H,6-7,10H2,1H3,(H,18,19). The second-order valence-electron chi connectivity index (χ2n) is 4.87. The van der Waals surface area contributed by atoms with Gasteiger partial charge in [-0.25, -0.2) is 4.98 Å². The molecule has 1 aliphatic rings. The van der Waals surface area contributed by atoms with E-state index in [1.165, 1.54) is 11.8 Å². The lowest BCUT2D eigenvalue weighted by atomic mass is 10.2. The number of nitrogens with zero attached hydrogens (tertiary/aromatic N) is 1. The Labute approximate surface area is 133 Å². The number of benzene rings is 1. The van der Waals surface area contributed by atoms with Crippen LogP contribution in [0.3, 0.4) is 0 Å². The number of amides is 1. The molecule has 0 bridgehead atoms. The molecule has 0 radical (unpaired) electrons. The first-order chi connectivity index (χ1) is 10.7. The summed E-state index contributed by atoms with van der Waals surface area (Å²) in [5.41, 5.74) is 1.80. The molecule has 1 aromatic heterocycles. The highest BCUT2D eigenvalue weighted by atomic mass is 32.2. The number of thioether (sulfide) groups is 1. The Balaban J connectivity index is 1.56. The van der Waals surface area contributed by atoms with Gasteiger partial charge in [-0.05, 0) is 30.7 Å². The Bertz CT molecular complexity index is 674. The van der Waals surface area contributed by atoms with Gasteiger partial charge in [-0.1, -0.05) is 17.8 Å². The topological polar surface area (TPSA) is 60.5 Å². The van der Waals surface area contributed by atoms with Crippen molar-refractivity contribution in [3.63, 3.8) is 0 Å². The van der Waals surface area contributed by atoms with Gasteiger partial charge >= 0.3 is 0 Å². The molecule has 0 unspecified atom stereocenters. The van der Waals surface area contributed by atoms with Gasteiger partial charge in [0.25, 0.3) is 0 Å². The first kappa shape index (κ1) is 14.7. The minimum atomic E-state index is -0.0796. The molecule has 0 spiro atoms. The van der Waals surface area contributed by atoms with Crippen molar-refractivity contribution in [3.8, 4) is 11.5 Å². The predicted octanol–water partition coefficient (Wildman–Crippen LogP) is 2.89. The Morgan fingerprint density at radius 1 is 1.23 bits per heavy atom. The molecule has 114 valence electrons. The van der Waals surface area contributed by atoms with Crippen molar-refractivity contribution < 1.29 is 14.3 Å². The molecule has 0 saturated carbocycles. The fourth-order valence-electron chi connectivity index (χ4n) is 2.00. The summed E-state index contributed by atoms with van der Waals surface area (Å²) in [6.45, 7) is 3.06. The zero-order valence-corrected chi connectivity index (χ0v) is 13.0. The summed E-state index contributed by atoms with van der Waals surface area (Å²) in [5.74, 6) is 1.60. The summed E-state index contributed by atoms with van der Waals surface area (Å²) in [7, 11) is 0. The quantitative estimate of drug-likeness (QED) is 0.879. The summed E-state index contributed by atoms with van der Waals surface area (Å²) in [6, 6.07) is 9.28. The molecule has 6 heteroatoms. The lowest BCUT2D eigenvalue weighted by Gasteiger charge is -2.18. The van der Waals surface area contributed by atoms with E-state index in [0.29, 0.717) is 36.2 Å². The number of rotatable bonds is 4. The zero-order valence-electron chi connectivity index (χ0n) is 12.2. The second-order valence-corrected chi connectivity index (χ2v) is 5.86. The first-order valence-electron chi connectivity index (χ1n) is 6.96. The maximum atomic E-state index is 12.0. The van der Waals surface area contributed by atoms with E-state index in [-0.39, 0.29) is 5.91 Å². The predicted molar refractivity (Wildman–Crippen MR) is 85.8 cm³/mol. The van der Waals surface area contributed by atoms with E-state index in [9.17, 15) is 4.79 Å². The maximum Gasteiger partial charge on any atom is 0.234 e. The summed E-state index contributed by atoms with van der Waals surface area (Å²) in [6.07, 6.45) is 1.79. The highest BCUT2D eigenvalue weighted by Gasteiger charge is 2.12. The molecule has 1 N–H and O–H groups in total. The van der Waals surface area contributed by atoms with E-state index in [2.05, 4.69) is 10.3 Å². The third-order valence-corrected chi connectivity index (χ3v) is 4.01. The molecule has 22 heavy (non-hydrogen) atoms. The number of hydrogen-bond acceptors (Lipinski definition) is 5. The van der Waals surface area contributed by atoms with Crippen LogP contribution in [-0.4, -0.2) is 29.9 Å². The van der Waals surface area contributed by atoms with Crippen LogP contribution in [-0.2, 0) is 4.79 Å². The number of nitrogens with one attached hydrogen (secondary N) is 1. The molecule has 0 saturated heterocycles. The molecular weight excluding hydrogens is 300 g/mol. The SMILES string of the molecule is Cc1ccc(SCC(=O)Nc2ccc3c(c2)OCCO3)nc1. The van der Waals surface area contributed by atoms with E-state index in [1.54, 1.807) is 24.4 Å². The van der Waals surface area contributed by atoms with Crippen molar-refractivity contribution in [2.24, 2.45) is 0 Å². The van der Waals surface area contributed by atoms with Crippen molar-refractivity contribution in [2.45, 2.75) is 11.9 Å². The van der Waals surface area contributed by atoms with Crippen molar-refractivity contribution in [3.05, 3.63) is 42.1 Å². The molecular formula is C16H16N2O3S. The van der Waals surface area contributed by atoms with Crippen molar-refractivity contribution in [1.82, 2.24) is 4.98 Å². The Morgan fingerprint density at radius 3 is 2.82 bits per heavy atom. The molecule has 2 heterocycles. The van der Waals surface area contributed by atoms with Gasteiger partial charge in [0.2, 0.25) is 5.91 Å². The number of pyridine rings is 1. The average molecular weight is 316 g/mol. The molecule has 2 aromatic rings. The molecule has 5 nitrogen and oxygen atoms in total. The Morgan fingerprint density at radius 2 is 2.05 bits per heavy atom. The molecule has 1 aliphatic heterocycles. The number of ether oxygens (including phenoxy) is 2. The largest absolute Gasteiger partial charge is 0.486 e. The lowest BCUT2D eigenvalue weighted by Crippen LogP contribution is -2.17. The highest BCUT2D eigenvalue weighted by Crippen LogP contribution is 2.32. The number of fused-ring (bicyclic) bond motifs is 1.